The van der Waals surface area contributed by atoms with Crippen LogP contribution in [0.5, 0.6) is 5.88 Å². The molecule has 1 rings (SSSR count). The monoisotopic (exact) mass is 237 g/mol. The second kappa shape index (κ2) is 7.22. The van der Waals surface area contributed by atoms with Gasteiger partial charge in [0.15, 0.2) is 0 Å². The Bertz CT molecular complexity index is 313. The Kier molecular flexibility index (Phi) is 5.91. The topological polar surface area (TPSA) is 47.0 Å². The summed E-state index contributed by atoms with van der Waals surface area (Å²) in [5, 5.41) is 11.8. The van der Waals surface area contributed by atoms with Gasteiger partial charge in [-0.1, -0.05) is 27.2 Å². The molecule has 0 aliphatic heterocycles. The van der Waals surface area contributed by atoms with Crippen LogP contribution in [0.1, 0.15) is 45.3 Å². The summed E-state index contributed by atoms with van der Waals surface area (Å²) in [5.41, 5.74) is 0.994. The molecule has 1 heterocycles. The first kappa shape index (κ1) is 13.9. The zero-order chi connectivity index (χ0) is 12.7. The molecule has 0 fully saturated rings. The maximum atomic E-state index is 5.02. The van der Waals surface area contributed by atoms with E-state index in [-0.39, 0.29) is 6.04 Å². The van der Waals surface area contributed by atoms with Gasteiger partial charge in [-0.15, -0.1) is 5.10 Å². The molecule has 0 saturated carbocycles. The van der Waals surface area contributed by atoms with Gasteiger partial charge < -0.3 is 10.1 Å². The summed E-state index contributed by atoms with van der Waals surface area (Å²) in [6.07, 6.45) is 2.24. The van der Waals surface area contributed by atoms with Crippen LogP contribution in [-0.4, -0.2) is 23.9 Å². The van der Waals surface area contributed by atoms with Gasteiger partial charge in [-0.2, -0.15) is 5.10 Å². The molecule has 0 aromatic carbocycles. The summed E-state index contributed by atoms with van der Waals surface area (Å²) >= 11 is 0. The highest BCUT2D eigenvalue weighted by molar-refractivity contribution is 5.14. The van der Waals surface area contributed by atoms with Crippen LogP contribution >= 0.6 is 0 Å². The van der Waals surface area contributed by atoms with Crippen molar-refractivity contribution in [2.24, 2.45) is 5.92 Å². The Balaban J connectivity index is 2.79. The normalized spacial score (nSPS) is 14.4. The standard InChI is InChI=1S/C13H23N3O/c1-5-9-14-13(10(3)6-2)11-7-8-12(17-4)16-15-11/h7-8,10,13-14H,5-6,9H2,1-4H3. The fourth-order valence-corrected chi connectivity index (χ4v) is 1.74. The van der Waals surface area contributed by atoms with E-state index < -0.39 is 0 Å². The van der Waals surface area contributed by atoms with Crippen LogP contribution in [0.4, 0.5) is 0 Å². The summed E-state index contributed by atoms with van der Waals surface area (Å²) in [7, 11) is 1.60. The first-order valence-corrected chi connectivity index (χ1v) is 6.33. The number of aromatic nitrogens is 2. The maximum Gasteiger partial charge on any atom is 0.233 e. The van der Waals surface area contributed by atoms with Crippen molar-refractivity contribution in [2.75, 3.05) is 13.7 Å². The second-order valence-corrected chi connectivity index (χ2v) is 4.32. The quantitative estimate of drug-likeness (QED) is 0.791. The lowest BCUT2D eigenvalue weighted by atomic mass is 9.96. The van der Waals surface area contributed by atoms with Gasteiger partial charge in [-0.3, -0.25) is 0 Å². The molecule has 1 aromatic heterocycles. The van der Waals surface area contributed by atoms with E-state index in [1.54, 1.807) is 7.11 Å². The lowest BCUT2D eigenvalue weighted by molar-refractivity contribution is 0.359. The molecule has 0 saturated heterocycles. The van der Waals surface area contributed by atoms with Crippen LogP contribution in [0.3, 0.4) is 0 Å². The van der Waals surface area contributed by atoms with Gasteiger partial charge in [0.25, 0.3) is 0 Å². The average Bonchev–Trinajstić information content (AvgIpc) is 2.39. The molecule has 0 aliphatic rings. The Morgan fingerprint density at radius 3 is 2.53 bits per heavy atom. The SMILES string of the molecule is CCCNC(c1ccc(OC)nn1)C(C)CC. The highest BCUT2D eigenvalue weighted by atomic mass is 16.5. The predicted octanol–water partition coefficient (Wildman–Crippen LogP) is 2.57. The summed E-state index contributed by atoms with van der Waals surface area (Å²) in [6.45, 7) is 7.60. The van der Waals surface area contributed by atoms with E-state index in [0.717, 1.165) is 25.1 Å². The van der Waals surface area contributed by atoms with E-state index in [1.807, 2.05) is 12.1 Å². The van der Waals surface area contributed by atoms with Crippen molar-refractivity contribution in [2.45, 2.75) is 39.7 Å². The molecule has 17 heavy (non-hydrogen) atoms. The minimum atomic E-state index is 0.276. The van der Waals surface area contributed by atoms with Crippen LogP contribution in [0.2, 0.25) is 0 Å². The molecule has 1 N–H and O–H groups in total. The number of hydrogen-bond acceptors (Lipinski definition) is 4. The van der Waals surface area contributed by atoms with E-state index in [1.165, 1.54) is 0 Å². The van der Waals surface area contributed by atoms with Crippen molar-refractivity contribution in [3.8, 4) is 5.88 Å². The maximum absolute atomic E-state index is 5.02. The van der Waals surface area contributed by atoms with E-state index in [4.69, 9.17) is 4.74 Å². The van der Waals surface area contributed by atoms with Crippen LogP contribution < -0.4 is 10.1 Å². The van der Waals surface area contributed by atoms with Crippen LogP contribution in [0, 0.1) is 5.92 Å². The van der Waals surface area contributed by atoms with Crippen molar-refractivity contribution in [1.82, 2.24) is 15.5 Å². The number of ether oxygens (including phenoxy) is 1. The van der Waals surface area contributed by atoms with Crippen LogP contribution in [0.25, 0.3) is 0 Å². The molecule has 0 amide bonds. The molecule has 96 valence electrons. The Labute approximate surface area is 104 Å². The van der Waals surface area contributed by atoms with Gasteiger partial charge in [0.05, 0.1) is 18.8 Å². The van der Waals surface area contributed by atoms with Gasteiger partial charge in [-0.25, -0.2) is 0 Å². The molecular weight excluding hydrogens is 214 g/mol. The Hall–Kier alpha value is -1.16. The van der Waals surface area contributed by atoms with Crippen molar-refractivity contribution >= 4 is 0 Å². The summed E-state index contributed by atoms with van der Waals surface area (Å²) in [4.78, 5) is 0. The molecule has 2 atom stereocenters. The molecular formula is C13H23N3O. The number of hydrogen-bond donors (Lipinski definition) is 1. The third kappa shape index (κ3) is 3.97. The molecule has 0 spiro atoms. The van der Waals surface area contributed by atoms with Gasteiger partial charge in [-0.05, 0) is 24.9 Å². The highest BCUT2D eigenvalue weighted by Crippen LogP contribution is 2.23. The zero-order valence-corrected chi connectivity index (χ0v) is 11.2. The molecule has 4 nitrogen and oxygen atoms in total. The molecule has 0 aliphatic carbocycles. The minimum absolute atomic E-state index is 0.276. The number of nitrogens with zero attached hydrogens (tertiary/aromatic N) is 2. The van der Waals surface area contributed by atoms with Crippen molar-refractivity contribution < 1.29 is 4.74 Å². The molecule has 1 aromatic rings. The minimum Gasteiger partial charge on any atom is -0.480 e. The lowest BCUT2D eigenvalue weighted by Gasteiger charge is -2.23. The number of methoxy groups -OCH3 is 1. The van der Waals surface area contributed by atoms with E-state index >= 15 is 0 Å². The van der Waals surface area contributed by atoms with E-state index in [9.17, 15) is 0 Å². The van der Waals surface area contributed by atoms with E-state index in [0.29, 0.717) is 11.8 Å². The van der Waals surface area contributed by atoms with E-state index in [2.05, 4.69) is 36.3 Å². The van der Waals surface area contributed by atoms with Crippen molar-refractivity contribution in [3.05, 3.63) is 17.8 Å². The van der Waals surface area contributed by atoms with Gasteiger partial charge in [0, 0.05) is 6.07 Å². The Morgan fingerprint density at radius 1 is 1.29 bits per heavy atom. The molecule has 0 bridgehead atoms. The fraction of sp³-hybridized carbons (Fsp3) is 0.692. The smallest absolute Gasteiger partial charge is 0.233 e. The Morgan fingerprint density at radius 2 is 2.06 bits per heavy atom. The third-order valence-corrected chi connectivity index (χ3v) is 3.02. The fourth-order valence-electron chi connectivity index (χ4n) is 1.74. The van der Waals surface area contributed by atoms with Crippen LogP contribution in [0.15, 0.2) is 12.1 Å². The molecule has 0 radical (unpaired) electrons. The summed E-state index contributed by atoms with van der Waals surface area (Å²) in [6, 6.07) is 4.13. The predicted molar refractivity (Wildman–Crippen MR) is 69.1 cm³/mol. The van der Waals surface area contributed by atoms with Gasteiger partial charge in [0.2, 0.25) is 5.88 Å². The lowest BCUT2D eigenvalue weighted by Crippen LogP contribution is -2.28. The average molecular weight is 237 g/mol. The molecule has 4 heteroatoms. The van der Waals surface area contributed by atoms with Crippen LogP contribution in [-0.2, 0) is 0 Å². The van der Waals surface area contributed by atoms with Crippen molar-refractivity contribution in [1.29, 1.82) is 0 Å². The number of rotatable bonds is 7. The largest absolute Gasteiger partial charge is 0.480 e. The summed E-state index contributed by atoms with van der Waals surface area (Å²) < 4.78 is 5.02. The van der Waals surface area contributed by atoms with Gasteiger partial charge in [0.1, 0.15) is 0 Å². The summed E-state index contributed by atoms with van der Waals surface area (Å²) in [5.74, 6) is 1.11. The zero-order valence-electron chi connectivity index (χ0n) is 11.2. The second-order valence-electron chi connectivity index (χ2n) is 4.32. The van der Waals surface area contributed by atoms with Crippen molar-refractivity contribution in [3.63, 3.8) is 0 Å². The molecule has 2 unspecified atom stereocenters. The third-order valence-electron chi connectivity index (χ3n) is 3.02. The first-order valence-electron chi connectivity index (χ1n) is 6.33. The first-order chi connectivity index (χ1) is 8.22. The number of nitrogens with one attached hydrogen (secondary N) is 1. The highest BCUT2D eigenvalue weighted by Gasteiger charge is 2.18. The van der Waals surface area contributed by atoms with Gasteiger partial charge >= 0.3 is 0 Å².